The molecule has 0 radical (unpaired) electrons. The second-order valence-electron chi connectivity index (χ2n) is 5.15. The number of likely N-dealkylation sites (tertiary alicyclic amines) is 1. The third-order valence-electron chi connectivity index (χ3n) is 3.43. The Kier molecular flexibility index (Phi) is 7.01. The van der Waals surface area contributed by atoms with Gasteiger partial charge in [0, 0.05) is 19.7 Å². The van der Waals surface area contributed by atoms with E-state index in [1.807, 2.05) is 0 Å². The van der Waals surface area contributed by atoms with Crippen LogP contribution in [0.4, 0.5) is 0 Å². The Labute approximate surface area is 100 Å². The molecular weight excluding hydrogens is 200 g/mol. The first kappa shape index (κ1) is 13.9. The maximum Gasteiger partial charge on any atom is 0.0431 e. The van der Waals surface area contributed by atoms with Gasteiger partial charge < -0.3 is 14.9 Å². The summed E-state index contributed by atoms with van der Waals surface area (Å²) in [6.07, 6.45) is 4.71. The van der Waals surface area contributed by atoms with Crippen LogP contribution in [0.5, 0.6) is 0 Å². The first-order chi connectivity index (χ1) is 7.76. The zero-order chi connectivity index (χ0) is 11.8. The minimum absolute atomic E-state index is 0.344. The van der Waals surface area contributed by atoms with Gasteiger partial charge in [-0.25, -0.2) is 0 Å². The molecule has 0 aliphatic carbocycles. The molecule has 3 nitrogen and oxygen atoms in total. The molecule has 1 heterocycles. The van der Waals surface area contributed by atoms with Crippen molar-refractivity contribution in [2.75, 3.05) is 46.4 Å². The van der Waals surface area contributed by atoms with Crippen LogP contribution in [0.15, 0.2) is 0 Å². The van der Waals surface area contributed by atoms with E-state index in [1.165, 1.54) is 45.6 Å². The van der Waals surface area contributed by atoms with Gasteiger partial charge >= 0.3 is 0 Å². The highest BCUT2D eigenvalue weighted by molar-refractivity contribution is 4.77. The number of rotatable bonds is 8. The number of hydrogen-bond acceptors (Lipinski definition) is 3. The second-order valence-corrected chi connectivity index (χ2v) is 5.15. The zero-order valence-electron chi connectivity index (χ0n) is 11.0. The monoisotopic (exact) mass is 228 g/mol. The molecule has 0 amide bonds. The van der Waals surface area contributed by atoms with Crippen LogP contribution in [0.25, 0.3) is 0 Å². The van der Waals surface area contributed by atoms with Crippen molar-refractivity contribution >= 4 is 0 Å². The molecule has 1 N–H and O–H groups in total. The fraction of sp³-hybridized carbons (Fsp3) is 1.00. The third kappa shape index (κ3) is 5.28. The number of hydrogen-bond donors (Lipinski definition) is 1. The van der Waals surface area contributed by atoms with E-state index in [1.54, 1.807) is 0 Å². The van der Waals surface area contributed by atoms with Crippen molar-refractivity contribution < 1.29 is 5.11 Å². The van der Waals surface area contributed by atoms with Crippen molar-refractivity contribution in [2.45, 2.75) is 32.6 Å². The lowest BCUT2D eigenvalue weighted by atomic mass is 10.1. The number of nitrogens with zero attached hydrogens (tertiary/aromatic N) is 2. The molecule has 1 saturated heterocycles. The summed E-state index contributed by atoms with van der Waals surface area (Å²) in [5.74, 6) is 0.866. The summed E-state index contributed by atoms with van der Waals surface area (Å²) in [6, 6.07) is 0. The van der Waals surface area contributed by atoms with Crippen molar-refractivity contribution in [1.82, 2.24) is 9.80 Å². The van der Waals surface area contributed by atoms with Gasteiger partial charge in [0.05, 0.1) is 0 Å². The number of aliphatic hydroxyl groups excluding tert-OH is 1. The third-order valence-corrected chi connectivity index (χ3v) is 3.43. The summed E-state index contributed by atoms with van der Waals surface area (Å²) in [6.45, 7) is 8.76. The molecule has 0 aromatic carbocycles. The molecular formula is C13H28N2O. The quantitative estimate of drug-likeness (QED) is 0.637. The van der Waals surface area contributed by atoms with Crippen molar-refractivity contribution in [3.63, 3.8) is 0 Å². The Hall–Kier alpha value is -0.120. The molecule has 1 unspecified atom stereocenters. The number of unbranched alkanes of at least 4 members (excludes halogenated alkanes) is 1. The Bertz CT molecular complexity index is 175. The van der Waals surface area contributed by atoms with Crippen molar-refractivity contribution in [3.8, 4) is 0 Å². The van der Waals surface area contributed by atoms with E-state index in [9.17, 15) is 0 Å². The fourth-order valence-electron chi connectivity index (χ4n) is 2.63. The maximum absolute atomic E-state index is 8.74. The molecule has 96 valence electrons. The van der Waals surface area contributed by atoms with Crippen molar-refractivity contribution in [2.24, 2.45) is 5.92 Å². The van der Waals surface area contributed by atoms with Gasteiger partial charge in [-0.3, -0.25) is 0 Å². The van der Waals surface area contributed by atoms with E-state index in [2.05, 4.69) is 23.8 Å². The molecule has 1 fully saturated rings. The molecule has 0 saturated carbocycles. The van der Waals surface area contributed by atoms with Crippen LogP contribution in [0, 0.1) is 5.92 Å². The van der Waals surface area contributed by atoms with E-state index < -0.39 is 0 Å². The highest BCUT2D eigenvalue weighted by atomic mass is 16.2. The smallest absolute Gasteiger partial charge is 0.0431 e. The van der Waals surface area contributed by atoms with E-state index in [0.29, 0.717) is 6.61 Å². The van der Waals surface area contributed by atoms with E-state index in [-0.39, 0.29) is 0 Å². The molecule has 3 heteroatoms. The van der Waals surface area contributed by atoms with Crippen LogP contribution in [0.1, 0.15) is 32.6 Å². The van der Waals surface area contributed by atoms with Gasteiger partial charge in [0.2, 0.25) is 0 Å². The van der Waals surface area contributed by atoms with Gasteiger partial charge in [0.25, 0.3) is 0 Å². The van der Waals surface area contributed by atoms with Crippen LogP contribution in [0.2, 0.25) is 0 Å². The van der Waals surface area contributed by atoms with Crippen LogP contribution in [-0.2, 0) is 0 Å². The zero-order valence-corrected chi connectivity index (χ0v) is 11.0. The summed E-state index contributed by atoms with van der Waals surface area (Å²) in [4.78, 5) is 5.02. The summed E-state index contributed by atoms with van der Waals surface area (Å²) >= 11 is 0. The normalized spacial score (nSPS) is 22.1. The van der Waals surface area contributed by atoms with E-state index in [0.717, 1.165) is 18.8 Å². The van der Waals surface area contributed by atoms with Gasteiger partial charge in [-0.2, -0.15) is 0 Å². The van der Waals surface area contributed by atoms with Gasteiger partial charge in [-0.1, -0.05) is 6.92 Å². The Morgan fingerprint density at radius 1 is 1.38 bits per heavy atom. The van der Waals surface area contributed by atoms with E-state index >= 15 is 0 Å². The summed E-state index contributed by atoms with van der Waals surface area (Å²) < 4.78 is 0. The highest BCUT2D eigenvalue weighted by Crippen LogP contribution is 2.17. The number of aliphatic hydroxyl groups is 1. The maximum atomic E-state index is 8.74. The van der Waals surface area contributed by atoms with Gasteiger partial charge in [0.1, 0.15) is 0 Å². The average molecular weight is 228 g/mol. The molecule has 1 rings (SSSR count). The molecule has 0 aromatic rings. The minimum Gasteiger partial charge on any atom is -0.396 e. The van der Waals surface area contributed by atoms with Crippen LogP contribution in [-0.4, -0.2) is 61.3 Å². The first-order valence-electron chi connectivity index (χ1n) is 6.78. The summed E-state index contributed by atoms with van der Waals surface area (Å²) in [5.41, 5.74) is 0. The summed E-state index contributed by atoms with van der Waals surface area (Å²) in [5, 5.41) is 8.74. The molecule has 0 spiro atoms. The largest absolute Gasteiger partial charge is 0.396 e. The summed E-state index contributed by atoms with van der Waals surface area (Å²) in [7, 11) is 2.23. The molecule has 1 atom stereocenters. The molecule has 0 aromatic heterocycles. The molecule has 1 aliphatic rings. The lowest BCUT2D eigenvalue weighted by molar-refractivity contribution is 0.247. The van der Waals surface area contributed by atoms with Gasteiger partial charge in [-0.15, -0.1) is 0 Å². The molecule has 16 heavy (non-hydrogen) atoms. The predicted molar refractivity (Wildman–Crippen MR) is 68.7 cm³/mol. The van der Waals surface area contributed by atoms with Gasteiger partial charge in [-0.05, 0) is 58.3 Å². The van der Waals surface area contributed by atoms with Crippen LogP contribution >= 0.6 is 0 Å². The van der Waals surface area contributed by atoms with Gasteiger partial charge in [0.15, 0.2) is 0 Å². The lowest BCUT2D eigenvalue weighted by Crippen LogP contribution is -2.29. The Balaban J connectivity index is 2.09. The van der Waals surface area contributed by atoms with Crippen molar-refractivity contribution in [3.05, 3.63) is 0 Å². The fourth-order valence-corrected chi connectivity index (χ4v) is 2.63. The predicted octanol–water partition coefficient (Wildman–Crippen LogP) is 1.42. The lowest BCUT2D eigenvalue weighted by Gasteiger charge is -2.21. The molecule has 1 aliphatic heterocycles. The first-order valence-corrected chi connectivity index (χ1v) is 6.78. The standard InChI is InChI=1S/C13H28N2O/c1-3-7-14(2)11-13-6-9-15(12-13)8-4-5-10-16/h13,16H,3-12H2,1-2H3. The minimum atomic E-state index is 0.344. The second kappa shape index (κ2) is 8.04. The Morgan fingerprint density at radius 3 is 2.88 bits per heavy atom. The Morgan fingerprint density at radius 2 is 2.19 bits per heavy atom. The van der Waals surface area contributed by atoms with Crippen LogP contribution in [0.3, 0.4) is 0 Å². The average Bonchev–Trinajstić information content (AvgIpc) is 2.66. The van der Waals surface area contributed by atoms with Crippen LogP contribution < -0.4 is 0 Å². The van der Waals surface area contributed by atoms with Crippen molar-refractivity contribution in [1.29, 1.82) is 0 Å². The topological polar surface area (TPSA) is 26.7 Å². The van der Waals surface area contributed by atoms with E-state index in [4.69, 9.17) is 5.11 Å². The highest BCUT2D eigenvalue weighted by Gasteiger charge is 2.22. The SMILES string of the molecule is CCCN(C)CC1CCN(CCCCO)C1. The molecule has 0 bridgehead atoms.